The maximum Gasteiger partial charge on any atom is 0.233 e. The van der Waals surface area contributed by atoms with Gasteiger partial charge in [0.05, 0.1) is 11.8 Å². The second-order valence-electron chi connectivity index (χ2n) is 5.32. The molecule has 1 saturated heterocycles. The van der Waals surface area contributed by atoms with Crippen molar-refractivity contribution in [1.29, 1.82) is 0 Å². The van der Waals surface area contributed by atoms with Gasteiger partial charge in [-0.05, 0) is 11.3 Å². The van der Waals surface area contributed by atoms with Crippen LogP contribution < -0.4 is 0 Å². The summed E-state index contributed by atoms with van der Waals surface area (Å²) in [7, 11) is 0. The molecular weight excluding hydrogens is 214 g/mol. The van der Waals surface area contributed by atoms with Gasteiger partial charge < -0.3 is 0 Å². The van der Waals surface area contributed by atoms with Crippen LogP contribution in [-0.4, -0.2) is 29.1 Å². The maximum atomic E-state index is 11.9. The lowest BCUT2D eigenvalue weighted by Gasteiger charge is -2.22. The molecule has 2 aliphatic rings. The number of imide groups is 1. The lowest BCUT2D eigenvalue weighted by molar-refractivity contribution is -0.143. The first-order valence-electron chi connectivity index (χ1n) is 5.32. The molecule has 15 heavy (non-hydrogen) atoms. The zero-order chi connectivity index (χ0) is 11.4. The first kappa shape index (κ1) is 10.9. The highest BCUT2D eigenvalue weighted by Gasteiger charge is 2.72. The average molecular weight is 230 g/mol. The van der Waals surface area contributed by atoms with Gasteiger partial charge in [-0.2, -0.15) is 0 Å². The molecule has 1 saturated carbocycles. The second kappa shape index (κ2) is 3.21. The molecule has 0 spiro atoms. The highest BCUT2D eigenvalue weighted by molar-refractivity contribution is 6.18. The van der Waals surface area contributed by atoms with Crippen molar-refractivity contribution in [3.05, 3.63) is 0 Å². The van der Waals surface area contributed by atoms with Gasteiger partial charge in [-0.1, -0.05) is 20.8 Å². The van der Waals surface area contributed by atoms with Crippen LogP contribution in [0.3, 0.4) is 0 Å². The molecule has 0 radical (unpaired) electrons. The number of likely N-dealkylation sites (tertiary alicyclic amines) is 1. The summed E-state index contributed by atoms with van der Waals surface area (Å²) in [5, 5.41) is 0. The molecule has 1 heterocycles. The molecule has 0 bridgehead atoms. The van der Waals surface area contributed by atoms with E-state index in [2.05, 4.69) is 0 Å². The minimum atomic E-state index is -0.102. The summed E-state index contributed by atoms with van der Waals surface area (Å²) in [5.74, 6) is 0.551. The zero-order valence-corrected chi connectivity index (χ0v) is 10.0. The maximum absolute atomic E-state index is 11.9. The predicted molar refractivity (Wildman–Crippen MR) is 57.4 cm³/mol. The third kappa shape index (κ3) is 1.40. The molecule has 4 heteroatoms. The van der Waals surface area contributed by atoms with Crippen molar-refractivity contribution in [3.63, 3.8) is 0 Å². The molecule has 2 fully saturated rings. The normalized spacial score (nSPS) is 34.3. The molecular formula is C11H16ClNO2. The summed E-state index contributed by atoms with van der Waals surface area (Å²) >= 11 is 5.68. The van der Waals surface area contributed by atoms with Crippen molar-refractivity contribution in [1.82, 2.24) is 4.90 Å². The first-order valence-corrected chi connectivity index (χ1v) is 5.86. The van der Waals surface area contributed by atoms with E-state index >= 15 is 0 Å². The Balaban J connectivity index is 2.08. The summed E-state index contributed by atoms with van der Waals surface area (Å²) in [5.41, 5.74) is -0.102. The van der Waals surface area contributed by atoms with Gasteiger partial charge in [0.2, 0.25) is 11.8 Å². The second-order valence-corrected chi connectivity index (χ2v) is 5.63. The number of rotatable bonds is 3. The Labute approximate surface area is 94.8 Å². The fourth-order valence-corrected chi connectivity index (χ4v) is 2.64. The molecule has 0 aromatic rings. The summed E-state index contributed by atoms with van der Waals surface area (Å²) in [6, 6.07) is 0. The van der Waals surface area contributed by atoms with Gasteiger partial charge in [0.25, 0.3) is 0 Å². The van der Waals surface area contributed by atoms with Crippen LogP contribution in [0.1, 0.15) is 20.8 Å². The van der Waals surface area contributed by atoms with E-state index in [9.17, 15) is 9.59 Å². The molecule has 2 rings (SSSR count). The Morgan fingerprint density at radius 3 is 2.20 bits per heavy atom. The van der Waals surface area contributed by atoms with E-state index in [1.54, 1.807) is 0 Å². The van der Waals surface area contributed by atoms with Gasteiger partial charge in [0.1, 0.15) is 0 Å². The van der Waals surface area contributed by atoms with E-state index in [-0.39, 0.29) is 35.0 Å². The number of carbonyl (C=O) groups excluding carboxylic acids is 2. The largest absolute Gasteiger partial charge is 0.282 e. The summed E-state index contributed by atoms with van der Waals surface area (Å²) < 4.78 is 0. The fourth-order valence-electron chi connectivity index (χ4n) is 2.54. The number of amides is 2. The van der Waals surface area contributed by atoms with Crippen LogP contribution in [0.2, 0.25) is 0 Å². The van der Waals surface area contributed by atoms with E-state index < -0.39 is 0 Å². The first-order chi connectivity index (χ1) is 6.91. The predicted octanol–water partition coefficient (Wildman–Crippen LogP) is 1.50. The summed E-state index contributed by atoms with van der Waals surface area (Å²) in [4.78, 5) is 25.2. The molecule has 0 N–H and O–H groups in total. The molecule has 3 unspecified atom stereocenters. The van der Waals surface area contributed by atoms with Crippen LogP contribution in [0.4, 0.5) is 0 Å². The highest BCUT2D eigenvalue weighted by Crippen LogP contribution is 2.63. The van der Waals surface area contributed by atoms with E-state index in [1.165, 1.54) is 4.90 Å². The van der Waals surface area contributed by atoms with Crippen LogP contribution in [0.25, 0.3) is 0 Å². The van der Waals surface area contributed by atoms with Crippen LogP contribution in [0.15, 0.2) is 0 Å². The number of piperidine rings is 1. The van der Waals surface area contributed by atoms with E-state index in [4.69, 9.17) is 11.6 Å². The van der Waals surface area contributed by atoms with Crippen LogP contribution in [-0.2, 0) is 9.59 Å². The number of carbonyl (C=O) groups is 2. The average Bonchev–Trinajstić information content (AvgIpc) is 2.64. The molecule has 3 nitrogen and oxygen atoms in total. The Morgan fingerprint density at radius 2 is 1.80 bits per heavy atom. The Morgan fingerprint density at radius 1 is 1.33 bits per heavy atom. The van der Waals surface area contributed by atoms with Gasteiger partial charge >= 0.3 is 0 Å². The molecule has 2 amide bonds. The number of fused-ring (bicyclic) bond motifs is 1. The summed E-state index contributed by atoms with van der Waals surface area (Å²) in [6.45, 7) is 6.40. The minimum Gasteiger partial charge on any atom is -0.282 e. The van der Waals surface area contributed by atoms with Crippen LogP contribution in [0.5, 0.6) is 0 Å². The number of hydrogen-bond acceptors (Lipinski definition) is 2. The van der Waals surface area contributed by atoms with Crippen molar-refractivity contribution in [2.75, 3.05) is 12.4 Å². The molecule has 1 aliphatic heterocycles. The van der Waals surface area contributed by atoms with Gasteiger partial charge in [0, 0.05) is 12.4 Å². The quantitative estimate of drug-likeness (QED) is 0.543. The van der Waals surface area contributed by atoms with Crippen molar-refractivity contribution in [2.45, 2.75) is 20.8 Å². The SMILES string of the molecule is CC(CCl)CN1C(=O)C2C(C1=O)C2(C)C. The molecule has 0 aromatic carbocycles. The number of hydrogen-bond donors (Lipinski definition) is 0. The summed E-state index contributed by atoms with van der Waals surface area (Å²) in [6.07, 6.45) is 0. The van der Waals surface area contributed by atoms with E-state index in [1.807, 2.05) is 20.8 Å². The van der Waals surface area contributed by atoms with Gasteiger partial charge in [-0.15, -0.1) is 11.6 Å². The Kier molecular flexibility index (Phi) is 2.34. The molecule has 1 aliphatic carbocycles. The van der Waals surface area contributed by atoms with Crippen molar-refractivity contribution in [3.8, 4) is 0 Å². The Bertz CT molecular complexity index is 303. The topological polar surface area (TPSA) is 37.4 Å². The van der Waals surface area contributed by atoms with Crippen molar-refractivity contribution < 1.29 is 9.59 Å². The van der Waals surface area contributed by atoms with Crippen molar-refractivity contribution in [2.24, 2.45) is 23.2 Å². The molecule has 84 valence electrons. The standard InChI is InChI=1S/C11H16ClNO2/c1-6(4-12)5-13-9(14)7-8(10(13)15)11(7,2)3/h6-8H,4-5H2,1-3H3. The monoisotopic (exact) mass is 229 g/mol. The number of nitrogens with zero attached hydrogens (tertiary/aromatic N) is 1. The molecule has 0 aromatic heterocycles. The van der Waals surface area contributed by atoms with E-state index in [0.29, 0.717) is 12.4 Å². The molecule has 3 atom stereocenters. The van der Waals surface area contributed by atoms with Crippen LogP contribution >= 0.6 is 11.6 Å². The third-order valence-electron chi connectivity index (χ3n) is 3.65. The lowest BCUT2D eigenvalue weighted by Crippen LogP contribution is -2.39. The third-order valence-corrected chi connectivity index (χ3v) is 4.18. The van der Waals surface area contributed by atoms with E-state index in [0.717, 1.165) is 0 Å². The number of halogens is 1. The van der Waals surface area contributed by atoms with Gasteiger partial charge in [0.15, 0.2) is 0 Å². The fraction of sp³-hybridized carbons (Fsp3) is 0.818. The van der Waals surface area contributed by atoms with Crippen LogP contribution in [0, 0.1) is 23.2 Å². The Hall–Kier alpha value is -0.570. The lowest BCUT2D eigenvalue weighted by atomic mass is 10.0. The van der Waals surface area contributed by atoms with Gasteiger partial charge in [-0.3, -0.25) is 14.5 Å². The minimum absolute atomic E-state index is 0.00645. The van der Waals surface area contributed by atoms with Crippen molar-refractivity contribution >= 4 is 23.4 Å². The zero-order valence-electron chi connectivity index (χ0n) is 9.29. The highest BCUT2D eigenvalue weighted by atomic mass is 35.5. The van der Waals surface area contributed by atoms with Gasteiger partial charge in [-0.25, -0.2) is 0 Å². The smallest absolute Gasteiger partial charge is 0.233 e. The number of alkyl halides is 1.